The summed E-state index contributed by atoms with van der Waals surface area (Å²) in [6, 6.07) is 72.2. The molecule has 0 aliphatic heterocycles. The van der Waals surface area contributed by atoms with Crippen molar-refractivity contribution >= 4 is 81.3 Å². The Morgan fingerprint density at radius 1 is 0.382 bits per heavy atom. The molecule has 0 unspecified atom stereocenters. The van der Waals surface area contributed by atoms with Crippen molar-refractivity contribution in [1.82, 2.24) is 0 Å². The van der Waals surface area contributed by atoms with Crippen LogP contribution in [0.25, 0.3) is 86.3 Å². The molecule has 2 heterocycles. The predicted octanol–water partition coefficient (Wildman–Crippen LogP) is 15.6. The van der Waals surface area contributed by atoms with Crippen LogP contribution in [0.3, 0.4) is 0 Å². The minimum atomic E-state index is 0.865. The zero-order valence-electron chi connectivity index (χ0n) is 29.8. The summed E-state index contributed by atoms with van der Waals surface area (Å²) in [7, 11) is 0. The van der Waals surface area contributed by atoms with Gasteiger partial charge in [0.2, 0.25) is 0 Å². The summed E-state index contributed by atoms with van der Waals surface area (Å²) >= 11 is 1.86. The number of nitrogens with zero attached hydrogens (tertiary/aromatic N) is 1. The van der Waals surface area contributed by atoms with Gasteiger partial charge in [-0.25, -0.2) is 0 Å². The minimum absolute atomic E-state index is 0.865. The number of furan rings is 1. The molecule has 0 saturated carbocycles. The Kier molecular flexibility index (Phi) is 7.39. The molecule has 0 amide bonds. The molecule has 11 rings (SSSR count). The van der Waals surface area contributed by atoms with Crippen molar-refractivity contribution in [3.63, 3.8) is 0 Å². The van der Waals surface area contributed by atoms with Gasteiger partial charge in [-0.05, 0) is 87.8 Å². The van der Waals surface area contributed by atoms with Crippen molar-refractivity contribution in [3.8, 4) is 33.4 Å². The molecular formula is C52H33NOS. The fourth-order valence-corrected chi connectivity index (χ4v) is 9.37. The van der Waals surface area contributed by atoms with E-state index in [0.717, 1.165) is 55.5 Å². The Morgan fingerprint density at radius 3 is 1.85 bits per heavy atom. The fraction of sp³-hybridized carbons (Fsp3) is 0. The van der Waals surface area contributed by atoms with Gasteiger partial charge in [-0.3, -0.25) is 0 Å². The predicted molar refractivity (Wildman–Crippen MR) is 235 cm³/mol. The Labute approximate surface area is 322 Å². The summed E-state index contributed by atoms with van der Waals surface area (Å²) < 4.78 is 9.36. The molecule has 0 spiro atoms. The quantitative estimate of drug-likeness (QED) is 0.170. The van der Waals surface area contributed by atoms with Crippen LogP contribution in [-0.4, -0.2) is 0 Å². The molecule has 0 radical (unpaired) electrons. The van der Waals surface area contributed by atoms with Crippen molar-refractivity contribution in [1.29, 1.82) is 0 Å². The number of hydrogen-bond donors (Lipinski definition) is 0. The monoisotopic (exact) mass is 719 g/mol. The normalized spacial score (nSPS) is 11.6. The molecule has 0 atom stereocenters. The zero-order valence-corrected chi connectivity index (χ0v) is 30.6. The Hall–Kier alpha value is -6.94. The molecule has 2 nitrogen and oxygen atoms in total. The zero-order chi connectivity index (χ0) is 36.3. The van der Waals surface area contributed by atoms with Crippen LogP contribution in [0.15, 0.2) is 205 Å². The van der Waals surface area contributed by atoms with E-state index >= 15 is 0 Å². The van der Waals surface area contributed by atoms with E-state index in [-0.39, 0.29) is 0 Å². The van der Waals surface area contributed by atoms with E-state index < -0.39 is 0 Å². The highest BCUT2D eigenvalue weighted by atomic mass is 32.1. The number of benzene rings is 9. The highest BCUT2D eigenvalue weighted by molar-refractivity contribution is 7.25. The maximum atomic E-state index is 6.73. The number of rotatable bonds is 6. The highest BCUT2D eigenvalue weighted by Gasteiger charge is 2.23. The standard InChI is InChI=1S/C52H33NOS/c1-3-12-34(13-4-1)38-26-31-46(45(32-38)36-14-5-2-6-15-36)53(47-19-11-20-48-51(47)44-30-24-37-16-7-8-17-41(37)52(44)54-48)40-27-22-35(23-28-40)39-25-29-43-42-18-9-10-21-49(42)55-50(43)33-39/h1-33H. The van der Waals surface area contributed by atoms with Gasteiger partial charge in [0, 0.05) is 42.2 Å². The Morgan fingerprint density at radius 2 is 1.02 bits per heavy atom. The van der Waals surface area contributed by atoms with Gasteiger partial charge in [-0.2, -0.15) is 0 Å². The average Bonchev–Trinajstić information content (AvgIpc) is 3.84. The number of thiophene rings is 1. The molecular weight excluding hydrogens is 687 g/mol. The van der Waals surface area contributed by atoms with Crippen molar-refractivity contribution in [2.75, 3.05) is 4.90 Å². The van der Waals surface area contributed by atoms with E-state index in [9.17, 15) is 0 Å². The summed E-state index contributed by atoms with van der Waals surface area (Å²) in [6.45, 7) is 0. The van der Waals surface area contributed by atoms with Crippen LogP contribution >= 0.6 is 11.3 Å². The first-order valence-corrected chi connectivity index (χ1v) is 19.5. The van der Waals surface area contributed by atoms with Crippen molar-refractivity contribution < 1.29 is 4.42 Å². The molecule has 0 bridgehead atoms. The first-order valence-electron chi connectivity index (χ1n) is 18.7. The lowest BCUT2D eigenvalue weighted by Crippen LogP contribution is -2.11. The smallest absolute Gasteiger partial charge is 0.143 e. The fourth-order valence-electron chi connectivity index (χ4n) is 8.23. The van der Waals surface area contributed by atoms with Gasteiger partial charge in [0.15, 0.2) is 0 Å². The van der Waals surface area contributed by atoms with Gasteiger partial charge in [-0.1, -0.05) is 146 Å². The summed E-state index contributed by atoms with van der Waals surface area (Å²) in [4.78, 5) is 2.42. The molecule has 0 aliphatic carbocycles. The molecule has 0 saturated heterocycles. The SMILES string of the molecule is c1ccc(-c2ccc(N(c3ccc(-c4ccc5c(c4)sc4ccccc45)cc3)c3cccc4oc5c6ccccc6ccc5c34)c(-c3ccccc3)c2)cc1. The van der Waals surface area contributed by atoms with Gasteiger partial charge in [-0.15, -0.1) is 11.3 Å². The van der Waals surface area contributed by atoms with Crippen molar-refractivity contribution in [2.45, 2.75) is 0 Å². The van der Waals surface area contributed by atoms with Gasteiger partial charge in [0.1, 0.15) is 11.2 Å². The molecule has 55 heavy (non-hydrogen) atoms. The van der Waals surface area contributed by atoms with Crippen LogP contribution in [0, 0.1) is 0 Å². The Balaban J connectivity index is 1.13. The average molecular weight is 720 g/mol. The van der Waals surface area contributed by atoms with Crippen LogP contribution in [0.2, 0.25) is 0 Å². The maximum absolute atomic E-state index is 6.73. The highest BCUT2D eigenvalue weighted by Crippen LogP contribution is 2.48. The van der Waals surface area contributed by atoms with E-state index in [4.69, 9.17) is 4.42 Å². The van der Waals surface area contributed by atoms with E-state index in [1.54, 1.807) is 0 Å². The van der Waals surface area contributed by atoms with Crippen molar-refractivity contribution in [3.05, 3.63) is 200 Å². The Bertz CT molecular complexity index is 3190. The molecule has 9 aromatic carbocycles. The van der Waals surface area contributed by atoms with Crippen LogP contribution in [0.1, 0.15) is 0 Å². The van der Waals surface area contributed by atoms with E-state index in [1.165, 1.54) is 47.8 Å². The van der Waals surface area contributed by atoms with Gasteiger partial charge in [0.05, 0.1) is 16.8 Å². The van der Waals surface area contributed by atoms with Gasteiger partial charge in [0.25, 0.3) is 0 Å². The van der Waals surface area contributed by atoms with Crippen LogP contribution < -0.4 is 4.90 Å². The molecule has 0 aliphatic rings. The largest absolute Gasteiger partial charge is 0.455 e. The van der Waals surface area contributed by atoms with Crippen LogP contribution in [0.4, 0.5) is 17.1 Å². The summed E-state index contributed by atoms with van der Waals surface area (Å²) in [6.07, 6.45) is 0. The van der Waals surface area contributed by atoms with E-state index in [0.29, 0.717) is 0 Å². The third kappa shape index (κ3) is 5.32. The molecule has 0 fully saturated rings. The summed E-state index contributed by atoms with van der Waals surface area (Å²) in [5.41, 5.74) is 12.1. The molecule has 0 N–H and O–H groups in total. The van der Waals surface area contributed by atoms with Gasteiger partial charge < -0.3 is 9.32 Å². The lowest BCUT2D eigenvalue weighted by molar-refractivity contribution is 0.672. The van der Waals surface area contributed by atoms with Crippen LogP contribution in [0.5, 0.6) is 0 Å². The summed E-state index contributed by atoms with van der Waals surface area (Å²) in [5, 5.41) is 7.11. The summed E-state index contributed by atoms with van der Waals surface area (Å²) in [5.74, 6) is 0. The number of fused-ring (bicyclic) bond motifs is 8. The van der Waals surface area contributed by atoms with E-state index in [2.05, 4.69) is 205 Å². The second-order valence-corrected chi connectivity index (χ2v) is 15.2. The number of anilines is 3. The number of hydrogen-bond acceptors (Lipinski definition) is 3. The molecule has 2 aromatic heterocycles. The molecule has 258 valence electrons. The topological polar surface area (TPSA) is 16.4 Å². The third-order valence-electron chi connectivity index (χ3n) is 10.9. The second-order valence-electron chi connectivity index (χ2n) is 14.1. The van der Waals surface area contributed by atoms with Crippen LogP contribution in [-0.2, 0) is 0 Å². The molecule has 3 heteroatoms. The first-order chi connectivity index (χ1) is 27.3. The first kappa shape index (κ1) is 31.6. The lowest BCUT2D eigenvalue weighted by Gasteiger charge is -2.29. The second kappa shape index (κ2) is 12.9. The lowest BCUT2D eigenvalue weighted by atomic mass is 9.95. The maximum Gasteiger partial charge on any atom is 0.143 e. The molecule has 11 aromatic rings. The third-order valence-corrected chi connectivity index (χ3v) is 12.0. The minimum Gasteiger partial charge on any atom is -0.455 e. The van der Waals surface area contributed by atoms with Gasteiger partial charge >= 0.3 is 0 Å². The van der Waals surface area contributed by atoms with Crippen molar-refractivity contribution in [2.24, 2.45) is 0 Å². The van der Waals surface area contributed by atoms with E-state index in [1.807, 2.05) is 11.3 Å².